The van der Waals surface area contributed by atoms with Gasteiger partial charge < -0.3 is 0 Å². The molecular weight excluding hydrogens is 190 g/mol. The van der Waals surface area contributed by atoms with Crippen molar-refractivity contribution in [2.75, 3.05) is 25.9 Å². The van der Waals surface area contributed by atoms with Crippen LogP contribution in [-0.4, -0.2) is 38.6 Å². The Hall–Kier alpha value is -0.170. The summed E-state index contributed by atoms with van der Waals surface area (Å²) in [6, 6.07) is 0. The Balaban J connectivity index is 2.37. The number of nitrogens with zero attached hydrogens (tertiary/aromatic N) is 1. The molecule has 0 saturated carbocycles. The maximum Gasteiger partial charge on any atom is 0.211 e. The van der Waals surface area contributed by atoms with E-state index in [1.54, 1.807) is 0 Å². The van der Waals surface area contributed by atoms with E-state index in [4.69, 9.17) is 5.84 Å². The van der Waals surface area contributed by atoms with E-state index in [1.165, 1.54) is 10.6 Å². The van der Waals surface area contributed by atoms with Crippen molar-refractivity contribution >= 4 is 10.0 Å². The Bertz CT molecular complexity index is 252. The predicted octanol–water partition coefficient (Wildman–Crippen LogP) is -0.879. The average Bonchev–Trinajstić information content (AvgIpc) is 2.47. The maximum absolute atomic E-state index is 11.1. The monoisotopic (exact) mass is 207 g/mol. The fourth-order valence-corrected chi connectivity index (χ4v) is 2.54. The Morgan fingerprint density at radius 1 is 1.62 bits per heavy atom. The normalized spacial score (nSPS) is 25.2. The van der Waals surface area contributed by atoms with Crippen molar-refractivity contribution in [1.29, 1.82) is 0 Å². The predicted molar refractivity (Wildman–Crippen MR) is 51.3 cm³/mol. The molecule has 1 rings (SSSR count). The number of sulfonamides is 1. The fraction of sp³-hybridized carbons (Fsp3) is 1.00. The van der Waals surface area contributed by atoms with Crippen molar-refractivity contribution in [2.45, 2.75) is 12.8 Å². The zero-order valence-corrected chi connectivity index (χ0v) is 8.68. The summed E-state index contributed by atoms with van der Waals surface area (Å²) in [5.74, 6) is 5.61. The number of rotatable bonds is 4. The zero-order valence-electron chi connectivity index (χ0n) is 7.86. The molecule has 0 radical (unpaired) electrons. The number of nitrogens with two attached hydrogens (primary N) is 1. The van der Waals surface area contributed by atoms with E-state index in [9.17, 15) is 8.42 Å². The number of hydrogen-bond donors (Lipinski definition) is 2. The van der Waals surface area contributed by atoms with E-state index in [1.807, 2.05) is 0 Å². The molecule has 3 N–H and O–H groups in total. The van der Waals surface area contributed by atoms with Crippen LogP contribution >= 0.6 is 0 Å². The zero-order chi connectivity index (χ0) is 9.90. The quantitative estimate of drug-likeness (QED) is 0.464. The molecule has 0 aromatic rings. The minimum absolute atomic E-state index is 0.464. The molecule has 1 fully saturated rings. The van der Waals surface area contributed by atoms with Gasteiger partial charge in [-0.3, -0.25) is 11.3 Å². The van der Waals surface area contributed by atoms with E-state index in [-0.39, 0.29) is 0 Å². The molecule has 1 unspecified atom stereocenters. The van der Waals surface area contributed by atoms with Gasteiger partial charge in [0.25, 0.3) is 0 Å². The molecule has 1 aliphatic rings. The van der Waals surface area contributed by atoms with Crippen molar-refractivity contribution in [2.24, 2.45) is 11.8 Å². The van der Waals surface area contributed by atoms with Gasteiger partial charge in [0, 0.05) is 19.6 Å². The first kappa shape index (κ1) is 10.9. The van der Waals surface area contributed by atoms with Crippen molar-refractivity contribution in [3.63, 3.8) is 0 Å². The summed E-state index contributed by atoms with van der Waals surface area (Å²) in [6.07, 6.45) is 3.16. The second kappa shape index (κ2) is 4.36. The largest absolute Gasteiger partial charge is 0.271 e. The molecule has 0 aliphatic carbocycles. The summed E-state index contributed by atoms with van der Waals surface area (Å²) < 4.78 is 23.8. The lowest BCUT2D eigenvalue weighted by Crippen LogP contribution is -2.29. The van der Waals surface area contributed by atoms with Gasteiger partial charge in [-0.1, -0.05) is 0 Å². The molecule has 78 valence electrons. The molecule has 1 atom stereocenters. The number of hydrazine groups is 1. The molecular formula is C7H17N3O2S. The molecule has 0 spiro atoms. The van der Waals surface area contributed by atoms with E-state index in [0.717, 1.165) is 19.4 Å². The molecule has 1 saturated heterocycles. The Kier molecular flexibility index (Phi) is 3.66. The molecule has 5 nitrogen and oxygen atoms in total. The molecule has 13 heavy (non-hydrogen) atoms. The Morgan fingerprint density at radius 2 is 2.31 bits per heavy atom. The van der Waals surface area contributed by atoms with Gasteiger partial charge in [0.1, 0.15) is 0 Å². The summed E-state index contributed by atoms with van der Waals surface area (Å²) in [4.78, 5) is 0. The summed E-state index contributed by atoms with van der Waals surface area (Å²) in [5, 5.41) is 0. The van der Waals surface area contributed by atoms with Crippen molar-refractivity contribution < 1.29 is 8.42 Å². The van der Waals surface area contributed by atoms with Crippen LogP contribution in [0.25, 0.3) is 0 Å². The van der Waals surface area contributed by atoms with E-state index in [2.05, 4.69) is 5.43 Å². The average molecular weight is 207 g/mol. The highest BCUT2D eigenvalue weighted by molar-refractivity contribution is 7.88. The maximum atomic E-state index is 11.1. The molecule has 1 aliphatic heterocycles. The van der Waals surface area contributed by atoms with Crippen LogP contribution in [0.2, 0.25) is 0 Å². The first-order chi connectivity index (χ1) is 6.04. The fourth-order valence-electron chi connectivity index (χ4n) is 1.62. The van der Waals surface area contributed by atoms with Crippen LogP contribution in [0.5, 0.6) is 0 Å². The topological polar surface area (TPSA) is 75.4 Å². The third kappa shape index (κ3) is 3.22. The van der Waals surface area contributed by atoms with Gasteiger partial charge in [-0.15, -0.1) is 0 Å². The van der Waals surface area contributed by atoms with Crippen molar-refractivity contribution in [1.82, 2.24) is 9.73 Å². The highest BCUT2D eigenvalue weighted by Gasteiger charge is 2.27. The van der Waals surface area contributed by atoms with Crippen LogP contribution in [0.15, 0.2) is 0 Å². The summed E-state index contributed by atoms with van der Waals surface area (Å²) in [5.41, 5.74) is 2.58. The van der Waals surface area contributed by atoms with Gasteiger partial charge in [0.2, 0.25) is 10.0 Å². The first-order valence-electron chi connectivity index (χ1n) is 4.42. The van der Waals surface area contributed by atoms with Gasteiger partial charge in [-0.2, -0.15) is 0 Å². The van der Waals surface area contributed by atoms with Crippen LogP contribution in [0, 0.1) is 5.92 Å². The minimum atomic E-state index is -2.98. The lowest BCUT2D eigenvalue weighted by molar-refractivity contribution is 0.444. The van der Waals surface area contributed by atoms with Crippen LogP contribution in [0.3, 0.4) is 0 Å². The SMILES string of the molecule is CS(=O)(=O)N1CCC(CCNN)C1. The standard InChI is InChI=1S/C7H17N3O2S/c1-13(11,12)10-5-3-7(6-10)2-4-9-8/h7,9H,2-6,8H2,1H3. The minimum Gasteiger partial charge on any atom is -0.271 e. The smallest absolute Gasteiger partial charge is 0.211 e. The summed E-state index contributed by atoms with van der Waals surface area (Å²) in [6.45, 7) is 2.07. The lowest BCUT2D eigenvalue weighted by Gasteiger charge is -2.12. The van der Waals surface area contributed by atoms with Gasteiger partial charge in [0.15, 0.2) is 0 Å². The van der Waals surface area contributed by atoms with Crippen LogP contribution < -0.4 is 11.3 Å². The van der Waals surface area contributed by atoms with E-state index >= 15 is 0 Å². The van der Waals surface area contributed by atoms with Crippen molar-refractivity contribution in [3.05, 3.63) is 0 Å². The molecule has 6 heteroatoms. The third-order valence-corrected chi connectivity index (χ3v) is 3.68. The molecule has 0 amide bonds. The summed E-state index contributed by atoms with van der Waals surface area (Å²) >= 11 is 0. The molecule has 0 aromatic heterocycles. The van der Waals surface area contributed by atoms with Crippen LogP contribution in [0.1, 0.15) is 12.8 Å². The van der Waals surface area contributed by atoms with Crippen LogP contribution in [0.4, 0.5) is 0 Å². The van der Waals surface area contributed by atoms with Crippen molar-refractivity contribution in [3.8, 4) is 0 Å². The van der Waals surface area contributed by atoms with Gasteiger partial charge in [-0.05, 0) is 18.8 Å². The third-order valence-electron chi connectivity index (χ3n) is 2.41. The first-order valence-corrected chi connectivity index (χ1v) is 6.27. The molecule has 0 aromatic carbocycles. The summed E-state index contributed by atoms with van der Waals surface area (Å²) in [7, 11) is -2.98. The van der Waals surface area contributed by atoms with E-state index in [0.29, 0.717) is 19.0 Å². The van der Waals surface area contributed by atoms with Gasteiger partial charge >= 0.3 is 0 Å². The second-order valence-corrected chi connectivity index (χ2v) is 5.50. The lowest BCUT2D eigenvalue weighted by atomic mass is 10.1. The number of hydrogen-bond acceptors (Lipinski definition) is 4. The second-order valence-electron chi connectivity index (χ2n) is 3.52. The number of nitrogens with one attached hydrogen (secondary N) is 1. The molecule has 1 heterocycles. The highest BCUT2D eigenvalue weighted by Crippen LogP contribution is 2.20. The Labute approximate surface area is 79.3 Å². The van der Waals surface area contributed by atoms with Gasteiger partial charge in [-0.25, -0.2) is 12.7 Å². The highest BCUT2D eigenvalue weighted by atomic mass is 32.2. The van der Waals surface area contributed by atoms with Gasteiger partial charge in [0.05, 0.1) is 6.26 Å². The Morgan fingerprint density at radius 3 is 2.77 bits per heavy atom. The van der Waals surface area contributed by atoms with Crippen LogP contribution in [-0.2, 0) is 10.0 Å². The molecule has 0 bridgehead atoms. The van der Waals surface area contributed by atoms with E-state index < -0.39 is 10.0 Å².